The second-order valence-corrected chi connectivity index (χ2v) is 2.60. The Morgan fingerprint density at radius 2 is 1.57 bits per heavy atom. The number of hydrogen-bond acceptors (Lipinski definition) is 2. The smallest absolute Gasteiger partial charge is 0.290 e. The van der Waals surface area contributed by atoms with E-state index in [-0.39, 0.29) is 6.47 Å². The van der Waals surface area contributed by atoms with Gasteiger partial charge in [-0.1, -0.05) is 36.4 Å². The van der Waals surface area contributed by atoms with Crippen LogP contribution in [0.25, 0.3) is 10.8 Å². The van der Waals surface area contributed by atoms with Crippen LogP contribution in [-0.2, 0) is 4.79 Å². The molecule has 0 aliphatic carbocycles. The van der Waals surface area contributed by atoms with Crippen LogP contribution >= 0.6 is 0 Å². The molecule has 0 spiro atoms. The molecule has 0 atom stereocenters. The van der Waals surface area contributed by atoms with E-state index in [4.69, 9.17) is 9.90 Å². The number of phenols is 1. The zero-order chi connectivity index (χ0) is 10.4. The zero-order valence-corrected chi connectivity index (χ0v) is 7.42. The fourth-order valence-electron chi connectivity index (χ4n) is 1.21. The van der Waals surface area contributed by atoms with Crippen LogP contribution in [0.4, 0.5) is 0 Å². The molecule has 0 saturated heterocycles. The molecular weight excluding hydrogens is 180 g/mol. The topological polar surface area (TPSA) is 57.5 Å². The Kier molecular flexibility index (Phi) is 3.49. The summed E-state index contributed by atoms with van der Waals surface area (Å²) in [5, 5.41) is 18.2. The van der Waals surface area contributed by atoms with E-state index >= 15 is 0 Å². The lowest BCUT2D eigenvalue weighted by Crippen LogP contribution is -1.70. The highest BCUT2D eigenvalue weighted by Gasteiger charge is 1.94. The first kappa shape index (κ1) is 10.1. The normalized spacial score (nSPS) is 8.86. The molecule has 0 aliphatic heterocycles. The molecule has 0 unspecified atom stereocenters. The summed E-state index contributed by atoms with van der Waals surface area (Å²) in [5.41, 5.74) is 0. The number of rotatable bonds is 0. The van der Waals surface area contributed by atoms with Crippen molar-refractivity contribution in [3.63, 3.8) is 0 Å². The fourth-order valence-corrected chi connectivity index (χ4v) is 1.21. The van der Waals surface area contributed by atoms with Gasteiger partial charge in [0.05, 0.1) is 0 Å². The molecule has 0 heterocycles. The van der Waals surface area contributed by atoms with Crippen LogP contribution in [0.2, 0.25) is 0 Å². The van der Waals surface area contributed by atoms with Crippen LogP contribution in [-0.4, -0.2) is 16.7 Å². The lowest BCUT2D eigenvalue weighted by molar-refractivity contribution is -0.122. The highest BCUT2D eigenvalue weighted by molar-refractivity contribution is 5.87. The van der Waals surface area contributed by atoms with Crippen molar-refractivity contribution in [1.82, 2.24) is 0 Å². The second-order valence-electron chi connectivity index (χ2n) is 2.60. The van der Waals surface area contributed by atoms with Gasteiger partial charge in [-0.15, -0.1) is 0 Å². The molecule has 2 aromatic rings. The minimum atomic E-state index is -0.250. The Hall–Kier alpha value is -2.03. The van der Waals surface area contributed by atoms with Gasteiger partial charge in [0.2, 0.25) is 0 Å². The zero-order valence-electron chi connectivity index (χ0n) is 7.42. The van der Waals surface area contributed by atoms with Crippen LogP contribution in [0, 0.1) is 0 Å². The van der Waals surface area contributed by atoms with Gasteiger partial charge in [0.25, 0.3) is 6.47 Å². The third kappa shape index (κ3) is 2.23. The van der Waals surface area contributed by atoms with E-state index in [9.17, 15) is 5.11 Å². The van der Waals surface area contributed by atoms with E-state index in [1.807, 2.05) is 36.4 Å². The van der Waals surface area contributed by atoms with Gasteiger partial charge >= 0.3 is 0 Å². The van der Waals surface area contributed by atoms with Crippen molar-refractivity contribution < 1.29 is 15.0 Å². The number of benzene rings is 2. The Balaban J connectivity index is 0.000000293. The molecule has 2 aromatic carbocycles. The Morgan fingerprint density at radius 3 is 2.21 bits per heavy atom. The fraction of sp³-hybridized carbons (Fsp3) is 0. The predicted octanol–water partition coefficient (Wildman–Crippen LogP) is 2.25. The molecule has 72 valence electrons. The minimum absolute atomic E-state index is 0.250. The van der Waals surface area contributed by atoms with Crippen molar-refractivity contribution in [2.45, 2.75) is 0 Å². The maximum Gasteiger partial charge on any atom is 0.290 e. The quantitative estimate of drug-likeness (QED) is 0.626. The van der Waals surface area contributed by atoms with Gasteiger partial charge in [0.1, 0.15) is 5.75 Å². The van der Waals surface area contributed by atoms with Gasteiger partial charge in [-0.25, -0.2) is 0 Å². The van der Waals surface area contributed by atoms with Crippen LogP contribution in [0.5, 0.6) is 5.75 Å². The van der Waals surface area contributed by atoms with Crippen LogP contribution in [0.1, 0.15) is 0 Å². The van der Waals surface area contributed by atoms with Gasteiger partial charge in [-0.05, 0) is 11.5 Å². The van der Waals surface area contributed by atoms with Crippen LogP contribution in [0.3, 0.4) is 0 Å². The Labute approximate surface area is 81.2 Å². The van der Waals surface area contributed by atoms with E-state index in [2.05, 4.69) is 0 Å². The molecule has 14 heavy (non-hydrogen) atoms. The summed E-state index contributed by atoms with van der Waals surface area (Å²) in [5.74, 6) is 0.350. The van der Waals surface area contributed by atoms with Crippen molar-refractivity contribution in [1.29, 1.82) is 0 Å². The summed E-state index contributed by atoms with van der Waals surface area (Å²) in [6, 6.07) is 13.3. The summed E-state index contributed by atoms with van der Waals surface area (Å²) in [7, 11) is 0. The maximum atomic E-state index is 9.37. The average molecular weight is 190 g/mol. The highest BCUT2D eigenvalue weighted by Crippen LogP contribution is 2.22. The molecule has 3 nitrogen and oxygen atoms in total. The number of phenolic OH excluding ortho intramolecular Hbond substituents is 1. The summed E-state index contributed by atoms with van der Waals surface area (Å²) in [6.45, 7) is -0.250. The predicted molar refractivity (Wildman–Crippen MR) is 54.3 cm³/mol. The molecular formula is C11H10O3. The van der Waals surface area contributed by atoms with Crippen LogP contribution in [0.15, 0.2) is 42.5 Å². The lowest BCUT2D eigenvalue weighted by atomic mass is 10.1. The van der Waals surface area contributed by atoms with Gasteiger partial charge in [-0.3, -0.25) is 4.79 Å². The Bertz CT molecular complexity index is 418. The van der Waals surface area contributed by atoms with Gasteiger partial charge in [0.15, 0.2) is 0 Å². The number of carboxylic acid groups (broad SMARTS) is 1. The third-order valence-corrected chi connectivity index (χ3v) is 1.77. The van der Waals surface area contributed by atoms with E-state index in [1.165, 1.54) is 0 Å². The standard InChI is InChI=1S/C10H8O.CH2O2/c11-10-7-3-5-8-4-1-2-6-9(8)10;2-1-3/h1-7,11H;1H,(H,2,3). The van der Waals surface area contributed by atoms with Crippen molar-refractivity contribution in [3.05, 3.63) is 42.5 Å². The number of hydrogen-bond donors (Lipinski definition) is 2. The van der Waals surface area contributed by atoms with Gasteiger partial charge < -0.3 is 10.2 Å². The van der Waals surface area contributed by atoms with Gasteiger partial charge in [0, 0.05) is 5.39 Å². The molecule has 0 bridgehead atoms. The third-order valence-electron chi connectivity index (χ3n) is 1.77. The van der Waals surface area contributed by atoms with Gasteiger partial charge in [-0.2, -0.15) is 0 Å². The summed E-state index contributed by atoms with van der Waals surface area (Å²) < 4.78 is 0. The Morgan fingerprint density at radius 1 is 1.00 bits per heavy atom. The summed E-state index contributed by atoms with van der Waals surface area (Å²) in [4.78, 5) is 8.36. The van der Waals surface area contributed by atoms with Crippen LogP contribution < -0.4 is 0 Å². The lowest BCUT2D eigenvalue weighted by Gasteiger charge is -1.97. The van der Waals surface area contributed by atoms with Crippen molar-refractivity contribution >= 4 is 17.2 Å². The molecule has 0 fully saturated rings. The molecule has 0 radical (unpaired) electrons. The molecule has 0 aliphatic rings. The average Bonchev–Trinajstić information content (AvgIpc) is 2.20. The molecule has 0 aromatic heterocycles. The number of carbonyl (C=O) groups is 1. The van der Waals surface area contributed by atoms with E-state index < -0.39 is 0 Å². The maximum absolute atomic E-state index is 9.37. The highest BCUT2D eigenvalue weighted by atomic mass is 16.3. The molecule has 2 N–H and O–H groups in total. The molecule has 0 amide bonds. The van der Waals surface area contributed by atoms with Crippen molar-refractivity contribution in [3.8, 4) is 5.75 Å². The van der Waals surface area contributed by atoms with Crippen molar-refractivity contribution in [2.24, 2.45) is 0 Å². The van der Waals surface area contributed by atoms with E-state index in [0.29, 0.717) is 5.75 Å². The molecule has 3 heteroatoms. The number of aromatic hydroxyl groups is 1. The monoisotopic (exact) mass is 190 g/mol. The number of fused-ring (bicyclic) bond motifs is 1. The van der Waals surface area contributed by atoms with E-state index in [0.717, 1.165) is 10.8 Å². The minimum Gasteiger partial charge on any atom is -0.507 e. The first-order valence-corrected chi connectivity index (χ1v) is 4.04. The molecule has 0 saturated carbocycles. The van der Waals surface area contributed by atoms with E-state index in [1.54, 1.807) is 6.07 Å². The summed E-state index contributed by atoms with van der Waals surface area (Å²) in [6.07, 6.45) is 0. The SMILES string of the molecule is O=CO.Oc1cccc2ccccc12. The second kappa shape index (κ2) is 4.87. The largest absolute Gasteiger partial charge is 0.507 e. The summed E-state index contributed by atoms with van der Waals surface area (Å²) >= 11 is 0. The van der Waals surface area contributed by atoms with Crippen molar-refractivity contribution in [2.75, 3.05) is 0 Å². The first-order chi connectivity index (χ1) is 6.79. The first-order valence-electron chi connectivity index (χ1n) is 4.04. The molecule has 2 rings (SSSR count).